The van der Waals surface area contributed by atoms with Gasteiger partial charge in [-0.25, -0.2) is 22.2 Å². The molecule has 0 radical (unpaired) electrons. The monoisotopic (exact) mass is 782 g/mol. The highest BCUT2D eigenvalue weighted by Gasteiger charge is 2.32. The van der Waals surface area contributed by atoms with Crippen LogP contribution in [-0.4, -0.2) is 80.6 Å². The first-order valence-electron chi connectivity index (χ1n) is 16.1. The summed E-state index contributed by atoms with van der Waals surface area (Å²) in [6, 6.07) is 11.8. The molecule has 0 saturated heterocycles. The van der Waals surface area contributed by atoms with Crippen LogP contribution in [0.3, 0.4) is 0 Å². The number of quaternary nitrogens is 1. The van der Waals surface area contributed by atoms with Crippen LogP contribution in [0, 0.1) is 11.6 Å². The molecule has 3 aromatic carbocycles. The van der Waals surface area contributed by atoms with Gasteiger partial charge < -0.3 is 19.1 Å². The van der Waals surface area contributed by atoms with Crippen LogP contribution in [0.5, 0.6) is 5.75 Å². The maximum atomic E-state index is 15.7. The number of aliphatic carboxylic acids is 1. The van der Waals surface area contributed by atoms with Crippen molar-refractivity contribution in [1.29, 1.82) is 0 Å². The molecule has 0 aliphatic rings. The highest BCUT2D eigenvalue weighted by molar-refractivity contribution is 7.98. The molecule has 0 aliphatic carbocycles. The Bertz CT molecular complexity index is 1960. The zero-order chi connectivity index (χ0) is 37.9. The molecule has 0 spiro atoms. The van der Waals surface area contributed by atoms with Gasteiger partial charge in [-0.1, -0.05) is 54.9 Å². The van der Waals surface area contributed by atoms with Crippen LogP contribution in [-0.2, 0) is 26.0 Å². The molecular weight excluding hydrogens is 741 g/mol. The molecule has 0 saturated carbocycles. The number of carboxylic acids is 1. The van der Waals surface area contributed by atoms with Crippen LogP contribution < -0.4 is 9.84 Å². The molecule has 4 aromatic rings. The Morgan fingerprint density at radius 2 is 1.73 bits per heavy atom. The van der Waals surface area contributed by atoms with Crippen molar-refractivity contribution >= 4 is 51.0 Å². The van der Waals surface area contributed by atoms with Crippen molar-refractivity contribution in [3.63, 3.8) is 0 Å². The topological polar surface area (TPSA) is 105 Å². The van der Waals surface area contributed by atoms with Gasteiger partial charge in [0.1, 0.15) is 17.4 Å². The molecule has 4 rings (SSSR count). The van der Waals surface area contributed by atoms with Gasteiger partial charge in [-0.2, -0.15) is 4.31 Å². The first kappa shape index (κ1) is 40.6. The summed E-state index contributed by atoms with van der Waals surface area (Å²) in [6.07, 6.45) is 2.86. The highest BCUT2D eigenvalue weighted by Crippen LogP contribution is 2.40. The Kier molecular flexibility index (Phi) is 12.9. The second-order valence-corrected chi connectivity index (χ2v) is 17.5. The molecule has 0 N–H and O–H groups in total. The summed E-state index contributed by atoms with van der Waals surface area (Å²) in [7, 11) is 4.23. The SMILES string of the molecule is COc1cc(C(C)(C)c2cnc(SCc3c(F)cc(S(=O)(=O)N(C)[C@H](CCCC[N+](C)(C)C)C(=O)[O-])cc3Cl)n2-c2ccc(F)cc2)ccc1Cl. The molecule has 51 heavy (non-hydrogen) atoms. The van der Waals surface area contributed by atoms with Gasteiger partial charge in [0.15, 0.2) is 5.16 Å². The quantitative estimate of drug-likeness (QED) is 0.0708. The zero-order valence-electron chi connectivity index (χ0n) is 29.5. The van der Waals surface area contributed by atoms with Gasteiger partial charge in [-0.3, -0.25) is 4.57 Å². The van der Waals surface area contributed by atoms with Gasteiger partial charge in [0.25, 0.3) is 0 Å². The van der Waals surface area contributed by atoms with Crippen LogP contribution in [0.15, 0.2) is 70.8 Å². The van der Waals surface area contributed by atoms with E-state index in [0.29, 0.717) is 43.2 Å². The standard InChI is InChI=1S/C36H42Cl2F2N4O5S2/c1-36(2,23-11-16-28(37)32(18-23)49-7)33-21-41-35(43(33)25-14-12-24(39)13-15-25)50-22-27-29(38)19-26(20-30(27)40)51(47,48)42(3)31(34(45)46)10-8-9-17-44(4,5)6/h11-16,18-21,31H,8-10,17,22H2,1-7H3/t31-/m1/s1. The molecule has 0 fully saturated rings. The molecule has 15 heteroatoms. The molecule has 276 valence electrons. The minimum absolute atomic E-state index is 0.0249. The summed E-state index contributed by atoms with van der Waals surface area (Å²) in [6.45, 7) is 4.76. The number of carbonyl (C=O) groups is 1. The summed E-state index contributed by atoms with van der Waals surface area (Å²) in [5.74, 6) is -2.39. The number of thioether (sulfide) groups is 1. The number of likely N-dealkylation sites (N-methyl/N-ethyl adjacent to an activating group) is 1. The number of halogens is 4. The Labute approximate surface area is 312 Å². The van der Waals surface area contributed by atoms with E-state index in [1.165, 1.54) is 19.2 Å². The van der Waals surface area contributed by atoms with Crippen LogP contribution in [0.1, 0.15) is 49.9 Å². The fourth-order valence-corrected chi connectivity index (χ4v) is 8.64. The number of carboxylic acid groups (broad SMARTS) is 1. The molecule has 0 aliphatic heterocycles. The number of hydrogen-bond donors (Lipinski definition) is 0. The Balaban J connectivity index is 1.64. The molecular formula is C36H42Cl2F2N4O5S2. The Morgan fingerprint density at radius 3 is 2.31 bits per heavy atom. The summed E-state index contributed by atoms with van der Waals surface area (Å²) in [4.78, 5) is 16.2. The molecule has 0 bridgehead atoms. The summed E-state index contributed by atoms with van der Waals surface area (Å²) in [5.41, 5.74) is 1.56. The molecule has 0 unspecified atom stereocenters. The predicted octanol–water partition coefficient (Wildman–Crippen LogP) is 6.70. The van der Waals surface area contributed by atoms with E-state index in [2.05, 4.69) is 4.98 Å². The normalized spacial score (nSPS) is 13.1. The van der Waals surface area contributed by atoms with E-state index in [4.69, 9.17) is 27.9 Å². The predicted molar refractivity (Wildman–Crippen MR) is 195 cm³/mol. The third-order valence-corrected chi connectivity index (χ3v) is 12.2. The number of nitrogens with zero attached hydrogens (tertiary/aromatic N) is 4. The van der Waals surface area contributed by atoms with Crippen molar-refractivity contribution in [2.45, 2.75) is 60.4 Å². The third-order valence-electron chi connectivity index (χ3n) is 8.73. The Morgan fingerprint density at radius 1 is 1.06 bits per heavy atom. The number of sulfonamides is 1. The average Bonchev–Trinajstić information content (AvgIpc) is 3.48. The van der Waals surface area contributed by atoms with Crippen molar-refractivity contribution in [3.05, 3.63) is 99.3 Å². The minimum Gasteiger partial charge on any atom is -0.548 e. The number of ether oxygens (including phenoxy) is 1. The second-order valence-electron chi connectivity index (χ2n) is 13.7. The zero-order valence-corrected chi connectivity index (χ0v) is 32.7. The van der Waals surface area contributed by atoms with Crippen LogP contribution in [0.25, 0.3) is 5.69 Å². The third kappa shape index (κ3) is 9.43. The number of rotatable bonds is 16. The van der Waals surface area contributed by atoms with Crippen molar-refractivity contribution in [1.82, 2.24) is 13.9 Å². The number of imidazole rings is 1. The van der Waals surface area contributed by atoms with Crippen molar-refractivity contribution in [2.24, 2.45) is 0 Å². The van der Waals surface area contributed by atoms with Gasteiger partial charge in [0.05, 0.1) is 68.6 Å². The van der Waals surface area contributed by atoms with Crippen molar-refractivity contribution in [3.8, 4) is 11.4 Å². The first-order chi connectivity index (χ1) is 23.8. The van der Waals surface area contributed by atoms with Gasteiger partial charge in [-0.05, 0) is 73.4 Å². The van der Waals surface area contributed by atoms with Gasteiger partial charge >= 0.3 is 0 Å². The number of methoxy groups -OCH3 is 1. The molecule has 1 atom stereocenters. The fourth-order valence-electron chi connectivity index (χ4n) is 5.62. The largest absolute Gasteiger partial charge is 0.548 e. The van der Waals surface area contributed by atoms with Crippen molar-refractivity contribution < 1.29 is 36.3 Å². The number of hydrogen-bond acceptors (Lipinski definition) is 7. The van der Waals surface area contributed by atoms with E-state index >= 15 is 4.39 Å². The van der Waals surface area contributed by atoms with Crippen LogP contribution >= 0.6 is 35.0 Å². The van der Waals surface area contributed by atoms with E-state index in [-0.39, 0.29) is 22.8 Å². The van der Waals surface area contributed by atoms with Crippen LogP contribution in [0.2, 0.25) is 10.0 Å². The van der Waals surface area contributed by atoms with Gasteiger partial charge in [0, 0.05) is 34.5 Å². The fraction of sp³-hybridized carbons (Fsp3) is 0.389. The Hall–Kier alpha value is -3.20. The lowest BCUT2D eigenvalue weighted by molar-refractivity contribution is -0.870. The van der Waals surface area contributed by atoms with E-state index in [1.807, 2.05) is 51.7 Å². The molecule has 9 nitrogen and oxygen atoms in total. The van der Waals surface area contributed by atoms with E-state index in [1.54, 1.807) is 24.4 Å². The lowest BCUT2D eigenvalue weighted by atomic mass is 9.81. The molecule has 0 amide bonds. The van der Waals surface area contributed by atoms with E-state index in [9.17, 15) is 22.7 Å². The minimum atomic E-state index is -4.46. The molecule has 1 heterocycles. The number of aromatic nitrogens is 2. The van der Waals surface area contributed by atoms with Crippen LogP contribution in [0.4, 0.5) is 8.78 Å². The van der Waals surface area contributed by atoms with Gasteiger partial charge in [-0.15, -0.1) is 0 Å². The lowest BCUT2D eigenvalue weighted by Gasteiger charge is -2.29. The number of benzene rings is 3. The maximum Gasteiger partial charge on any atom is 0.243 e. The van der Waals surface area contributed by atoms with E-state index < -0.39 is 44.0 Å². The number of carbonyl (C=O) groups excluding carboxylic acids is 1. The first-order valence-corrected chi connectivity index (χ1v) is 19.2. The average molecular weight is 784 g/mol. The summed E-state index contributed by atoms with van der Waals surface area (Å²) in [5, 5.41) is 12.7. The van der Waals surface area contributed by atoms with Gasteiger partial charge in [0.2, 0.25) is 10.0 Å². The lowest BCUT2D eigenvalue weighted by Crippen LogP contribution is -2.48. The smallest absolute Gasteiger partial charge is 0.243 e. The second kappa shape index (κ2) is 16.2. The molecule has 1 aromatic heterocycles. The summed E-state index contributed by atoms with van der Waals surface area (Å²) < 4.78 is 65.4. The van der Waals surface area contributed by atoms with E-state index in [0.717, 1.165) is 48.7 Å². The number of unbranched alkanes of at least 4 members (excludes halogenated alkanes) is 1. The van der Waals surface area contributed by atoms with Crippen molar-refractivity contribution in [2.75, 3.05) is 41.8 Å². The highest BCUT2D eigenvalue weighted by atomic mass is 35.5. The summed E-state index contributed by atoms with van der Waals surface area (Å²) >= 11 is 14.0. The maximum absolute atomic E-state index is 15.7.